The molecule has 3 aromatic rings. The van der Waals surface area contributed by atoms with Crippen molar-refractivity contribution in [3.63, 3.8) is 0 Å². The van der Waals surface area contributed by atoms with Crippen LogP contribution in [0.2, 0.25) is 0 Å². The Hall–Kier alpha value is -3.24. The van der Waals surface area contributed by atoms with E-state index in [1.165, 1.54) is 6.07 Å². The molecular weight excluding hydrogens is 477 g/mol. The van der Waals surface area contributed by atoms with Gasteiger partial charge in [-0.1, -0.05) is 18.2 Å². The number of nitrogens with zero attached hydrogens (tertiary/aromatic N) is 2. The second kappa shape index (κ2) is 11.0. The molecule has 1 aliphatic heterocycles. The van der Waals surface area contributed by atoms with Crippen LogP contribution in [0.1, 0.15) is 18.4 Å². The van der Waals surface area contributed by atoms with Crippen LogP contribution in [0, 0.1) is 0 Å². The van der Waals surface area contributed by atoms with E-state index in [4.69, 9.17) is 4.74 Å². The lowest BCUT2D eigenvalue weighted by atomic mass is 10.0. The molecule has 2 aromatic carbocycles. The van der Waals surface area contributed by atoms with E-state index in [0.29, 0.717) is 18.0 Å². The number of ether oxygens (including phenoxy) is 1. The number of benzene rings is 2. The summed E-state index contributed by atoms with van der Waals surface area (Å²) in [5.74, 6) is 0.942. The molecule has 35 heavy (non-hydrogen) atoms. The maximum Gasteiger partial charge on any atom is 0.417 e. The predicted molar refractivity (Wildman–Crippen MR) is 131 cm³/mol. The van der Waals surface area contributed by atoms with E-state index in [1.807, 2.05) is 12.1 Å². The SMILES string of the molecule is CNc1cc(-c2ccc(SN3CCC(Nc4ccc(C(F)(F)F)cn4)CC3)cc2)ccc1OC=O. The number of aromatic nitrogens is 1. The Balaban J connectivity index is 1.29. The first-order valence-electron chi connectivity index (χ1n) is 11.1. The van der Waals surface area contributed by atoms with Gasteiger partial charge in [-0.2, -0.15) is 13.2 Å². The van der Waals surface area contributed by atoms with E-state index in [9.17, 15) is 18.0 Å². The summed E-state index contributed by atoms with van der Waals surface area (Å²) < 4.78 is 45.4. The van der Waals surface area contributed by atoms with Crippen molar-refractivity contribution in [3.05, 3.63) is 66.4 Å². The number of carbonyl (C=O) groups excluding carboxylic acids is 1. The van der Waals surface area contributed by atoms with Gasteiger partial charge in [-0.3, -0.25) is 4.79 Å². The van der Waals surface area contributed by atoms with E-state index in [2.05, 4.69) is 44.2 Å². The highest BCUT2D eigenvalue weighted by atomic mass is 32.2. The molecule has 0 radical (unpaired) electrons. The van der Waals surface area contributed by atoms with Gasteiger partial charge in [0.15, 0.2) is 5.75 Å². The molecule has 0 atom stereocenters. The first-order chi connectivity index (χ1) is 16.9. The molecule has 6 nitrogen and oxygen atoms in total. The number of halogens is 3. The molecule has 2 N–H and O–H groups in total. The molecule has 0 amide bonds. The summed E-state index contributed by atoms with van der Waals surface area (Å²) in [6, 6.07) is 16.5. The number of piperidine rings is 1. The zero-order chi connectivity index (χ0) is 24.8. The Morgan fingerprint density at radius 1 is 1.06 bits per heavy atom. The lowest BCUT2D eigenvalue weighted by Gasteiger charge is -2.31. The molecule has 0 spiro atoms. The Morgan fingerprint density at radius 2 is 1.77 bits per heavy atom. The van der Waals surface area contributed by atoms with E-state index < -0.39 is 11.7 Å². The normalized spacial score (nSPS) is 15.0. The van der Waals surface area contributed by atoms with Crippen molar-refractivity contribution >= 4 is 29.9 Å². The van der Waals surface area contributed by atoms with Gasteiger partial charge in [0, 0.05) is 37.3 Å². The molecule has 0 unspecified atom stereocenters. The van der Waals surface area contributed by atoms with Gasteiger partial charge in [0.2, 0.25) is 0 Å². The summed E-state index contributed by atoms with van der Waals surface area (Å²) >= 11 is 1.69. The lowest BCUT2D eigenvalue weighted by molar-refractivity contribution is -0.137. The molecule has 1 fully saturated rings. The van der Waals surface area contributed by atoms with Gasteiger partial charge < -0.3 is 15.4 Å². The molecule has 1 aromatic heterocycles. The minimum absolute atomic E-state index is 0.172. The molecule has 184 valence electrons. The Kier molecular flexibility index (Phi) is 7.82. The number of hydrogen-bond donors (Lipinski definition) is 2. The van der Waals surface area contributed by atoms with E-state index in [0.717, 1.165) is 59.9 Å². The fourth-order valence-electron chi connectivity index (χ4n) is 3.86. The minimum Gasteiger partial charge on any atom is -0.427 e. The molecule has 0 bridgehead atoms. The highest BCUT2D eigenvalue weighted by Crippen LogP contribution is 2.33. The summed E-state index contributed by atoms with van der Waals surface area (Å²) in [6.07, 6.45) is -1.77. The van der Waals surface area contributed by atoms with Crippen LogP contribution in [0.15, 0.2) is 65.7 Å². The summed E-state index contributed by atoms with van der Waals surface area (Å²) in [5, 5.41) is 6.28. The second-order valence-electron chi connectivity index (χ2n) is 8.07. The zero-order valence-corrected chi connectivity index (χ0v) is 19.8. The smallest absolute Gasteiger partial charge is 0.417 e. The number of alkyl halides is 3. The maximum atomic E-state index is 12.7. The van der Waals surface area contributed by atoms with Crippen molar-refractivity contribution in [3.8, 4) is 16.9 Å². The monoisotopic (exact) mass is 502 g/mol. The van der Waals surface area contributed by atoms with Gasteiger partial charge in [-0.15, -0.1) is 0 Å². The molecule has 10 heteroatoms. The number of pyridine rings is 1. The predicted octanol–water partition coefficient (Wildman–Crippen LogP) is 5.93. The van der Waals surface area contributed by atoms with Crippen LogP contribution in [0.4, 0.5) is 24.7 Å². The van der Waals surface area contributed by atoms with Crippen molar-refractivity contribution in [1.82, 2.24) is 9.29 Å². The van der Waals surface area contributed by atoms with Crippen molar-refractivity contribution in [2.45, 2.75) is 30.0 Å². The topological polar surface area (TPSA) is 66.5 Å². The van der Waals surface area contributed by atoms with Gasteiger partial charge in [0.05, 0.1) is 11.3 Å². The minimum atomic E-state index is -4.38. The molecule has 4 rings (SSSR count). The van der Waals surface area contributed by atoms with Crippen LogP contribution in [-0.4, -0.2) is 41.9 Å². The molecule has 1 saturated heterocycles. The van der Waals surface area contributed by atoms with Gasteiger partial charge in [-0.05, 0) is 72.3 Å². The van der Waals surface area contributed by atoms with Crippen LogP contribution < -0.4 is 15.4 Å². The van der Waals surface area contributed by atoms with Crippen LogP contribution in [0.5, 0.6) is 5.75 Å². The number of hydrogen-bond acceptors (Lipinski definition) is 7. The summed E-state index contributed by atoms with van der Waals surface area (Å²) in [6.45, 7) is 2.12. The van der Waals surface area contributed by atoms with E-state index in [-0.39, 0.29) is 6.04 Å². The quantitative estimate of drug-likeness (QED) is 0.292. The number of rotatable bonds is 8. The van der Waals surface area contributed by atoms with Crippen molar-refractivity contribution in [1.29, 1.82) is 0 Å². The van der Waals surface area contributed by atoms with E-state index in [1.54, 1.807) is 25.1 Å². The van der Waals surface area contributed by atoms with Crippen molar-refractivity contribution in [2.24, 2.45) is 0 Å². The van der Waals surface area contributed by atoms with Crippen LogP contribution in [0.25, 0.3) is 11.1 Å². The molecule has 1 aliphatic rings. The van der Waals surface area contributed by atoms with Gasteiger partial charge in [0.1, 0.15) is 5.82 Å². The fraction of sp³-hybridized carbons (Fsp3) is 0.280. The lowest BCUT2D eigenvalue weighted by Crippen LogP contribution is -2.35. The maximum absolute atomic E-state index is 12.7. The van der Waals surface area contributed by atoms with E-state index >= 15 is 0 Å². The third-order valence-corrected chi connectivity index (χ3v) is 6.85. The second-order valence-corrected chi connectivity index (χ2v) is 9.24. The van der Waals surface area contributed by atoms with Crippen molar-refractivity contribution in [2.75, 3.05) is 30.8 Å². The Morgan fingerprint density at radius 3 is 2.37 bits per heavy atom. The molecule has 2 heterocycles. The average Bonchev–Trinajstić information content (AvgIpc) is 2.86. The largest absolute Gasteiger partial charge is 0.427 e. The van der Waals surface area contributed by atoms with Crippen LogP contribution in [-0.2, 0) is 11.0 Å². The van der Waals surface area contributed by atoms with Crippen LogP contribution in [0.3, 0.4) is 0 Å². The van der Waals surface area contributed by atoms with Crippen molar-refractivity contribution < 1.29 is 22.7 Å². The molecule has 0 aliphatic carbocycles. The molecule has 0 saturated carbocycles. The van der Waals surface area contributed by atoms with Gasteiger partial charge in [0.25, 0.3) is 6.47 Å². The standard InChI is InChI=1S/C25H25F3N4O2S/c1-29-22-14-18(4-8-23(22)34-16-33)17-2-6-21(7-3-17)35-32-12-10-20(11-13-32)31-24-9-5-19(15-30-24)25(26,27)28/h2-9,14-16,20,29H,10-13H2,1H3,(H,30,31). The first-order valence-corrected chi connectivity index (χ1v) is 11.9. The van der Waals surface area contributed by atoms with Gasteiger partial charge in [-0.25, -0.2) is 9.29 Å². The number of nitrogens with one attached hydrogen (secondary N) is 2. The van der Waals surface area contributed by atoms with Gasteiger partial charge >= 0.3 is 6.18 Å². The third kappa shape index (κ3) is 6.46. The summed E-state index contributed by atoms with van der Waals surface area (Å²) in [7, 11) is 1.77. The third-order valence-electron chi connectivity index (χ3n) is 5.74. The summed E-state index contributed by atoms with van der Waals surface area (Å²) in [4.78, 5) is 15.7. The number of carbonyl (C=O) groups is 1. The summed E-state index contributed by atoms with van der Waals surface area (Å²) in [5.41, 5.74) is 2.05. The first kappa shape index (κ1) is 24.9. The Bertz CT molecular complexity index is 1130. The zero-order valence-electron chi connectivity index (χ0n) is 19.0. The fourth-order valence-corrected chi connectivity index (χ4v) is 4.81. The number of anilines is 2. The Labute approximate surface area is 206 Å². The molecular formula is C25H25F3N4O2S. The van der Waals surface area contributed by atoms with Crippen LogP contribution >= 0.6 is 11.9 Å². The highest BCUT2D eigenvalue weighted by Gasteiger charge is 2.30. The highest BCUT2D eigenvalue weighted by molar-refractivity contribution is 7.97. The average molecular weight is 503 g/mol.